The maximum absolute atomic E-state index is 13.0. The molecular formula is C19H31N5O2. The summed E-state index contributed by atoms with van der Waals surface area (Å²) in [4.78, 5) is 31.5. The highest BCUT2D eigenvalue weighted by atomic mass is 16.2. The minimum atomic E-state index is -0.112. The average molecular weight is 361 g/mol. The molecule has 2 aliphatic heterocycles. The van der Waals surface area contributed by atoms with Crippen LogP contribution in [-0.4, -0.2) is 71.3 Å². The van der Waals surface area contributed by atoms with Gasteiger partial charge in [0, 0.05) is 52.4 Å². The number of aryl methyl sites for hydroxylation is 1. The second-order valence-electron chi connectivity index (χ2n) is 7.48. The van der Waals surface area contributed by atoms with E-state index in [0.29, 0.717) is 6.54 Å². The maximum Gasteiger partial charge on any atom is 0.268 e. The van der Waals surface area contributed by atoms with Crippen LogP contribution < -0.4 is 10.5 Å². The minimum absolute atomic E-state index is 0.0231. The number of amides is 1. The second kappa shape index (κ2) is 8.66. The van der Waals surface area contributed by atoms with Crippen molar-refractivity contribution < 1.29 is 4.79 Å². The molecule has 0 spiro atoms. The lowest BCUT2D eigenvalue weighted by molar-refractivity contribution is -0.137. The third-order valence-electron chi connectivity index (χ3n) is 5.60. The molecule has 3 heterocycles. The zero-order chi connectivity index (χ0) is 18.5. The Morgan fingerprint density at radius 2 is 2.00 bits per heavy atom. The molecule has 2 aliphatic rings. The molecule has 0 bridgehead atoms. The molecule has 7 heteroatoms. The van der Waals surface area contributed by atoms with Crippen molar-refractivity contribution in [3.63, 3.8) is 0 Å². The van der Waals surface area contributed by atoms with Crippen LogP contribution in [0, 0.1) is 5.92 Å². The molecule has 1 aromatic rings. The monoisotopic (exact) mass is 361 g/mol. The molecular weight excluding hydrogens is 330 g/mol. The van der Waals surface area contributed by atoms with E-state index in [1.165, 1.54) is 17.5 Å². The number of carbonyl (C=O) groups is 1. The summed E-state index contributed by atoms with van der Waals surface area (Å²) in [7, 11) is 1.65. The second-order valence-corrected chi connectivity index (χ2v) is 7.48. The smallest absolute Gasteiger partial charge is 0.268 e. The van der Waals surface area contributed by atoms with Gasteiger partial charge >= 0.3 is 0 Å². The summed E-state index contributed by atoms with van der Waals surface area (Å²) in [6, 6.07) is 1.62. The molecule has 2 saturated heterocycles. The normalized spacial score (nSPS) is 21.8. The molecule has 2 fully saturated rings. The molecule has 7 nitrogen and oxygen atoms in total. The standard InChI is InChI=1S/C19H31N5O2/c1-3-4-7-22-9-11-23(12-10-22)19(26)16-6-5-8-24(15-16)17-13-18(25)21(2)20-14-17/h13-14,16H,3-12,15H2,1-2H3/t16-/m0/s1. The Hall–Kier alpha value is -1.89. The van der Waals surface area contributed by atoms with Crippen LogP contribution in [0.3, 0.4) is 0 Å². The SMILES string of the molecule is CCCCN1CCN(C(=O)[C@H]2CCCN(c3cnn(C)c(=O)c3)C2)CC1. The van der Waals surface area contributed by atoms with Crippen molar-refractivity contribution in [1.29, 1.82) is 0 Å². The number of piperazine rings is 1. The summed E-state index contributed by atoms with van der Waals surface area (Å²) in [5.74, 6) is 0.302. The Labute approximate surface area is 155 Å². The van der Waals surface area contributed by atoms with Gasteiger partial charge in [-0.05, 0) is 25.8 Å². The number of piperidine rings is 1. The van der Waals surface area contributed by atoms with Gasteiger partial charge in [-0.2, -0.15) is 5.10 Å². The summed E-state index contributed by atoms with van der Waals surface area (Å²) < 4.78 is 1.33. The van der Waals surface area contributed by atoms with Crippen LogP contribution in [0.2, 0.25) is 0 Å². The van der Waals surface area contributed by atoms with Crippen LogP contribution in [-0.2, 0) is 11.8 Å². The lowest BCUT2D eigenvalue weighted by Crippen LogP contribution is -2.52. The van der Waals surface area contributed by atoms with Gasteiger partial charge < -0.3 is 9.80 Å². The number of hydrogen-bond donors (Lipinski definition) is 0. The molecule has 0 aromatic carbocycles. The zero-order valence-electron chi connectivity index (χ0n) is 16.1. The summed E-state index contributed by atoms with van der Waals surface area (Å²) >= 11 is 0. The number of aromatic nitrogens is 2. The highest BCUT2D eigenvalue weighted by Crippen LogP contribution is 2.23. The van der Waals surface area contributed by atoms with Crippen molar-refractivity contribution in [3.05, 3.63) is 22.6 Å². The Morgan fingerprint density at radius 3 is 2.69 bits per heavy atom. The van der Waals surface area contributed by atoms with E-state index in [2.05, 4.69) is 21.8 Å². The van der Waals surface area contributed by atoms with Gasteiger partial charge in [0.2, 0.25) is 5.91 Å². The van der Waals surface area contributed by atoms with Crippen LogP contribution in [0.25, 0.3) is 0 Å². The van der Waals surface area contributed by atoms with Gasteiger partial charge in [-0.3, -0.25) is 14.5 Å². The van der Waals surface area contributed by atoms with Gasteiger partial charge in [-0.1, -0.05) is 13.3 Å². The van der Waals surface area contributed by atoms with E-state index in [-0.39, 0.29) is 17.4 Å². The van der Waals surface area contributed by atoms with Gasteiger partial charge in [0.05, 0.1) is 17.8 Å². The topological polar surface area (TPSA) is 61.7 Å². The number of hydrogen-bond acceptors (Lipinski definition) is 5. The van der Waals surface area contributed by atoms with Crippen molar-refractivity contribution in [3.8, 4) is 0 Å². The third-order valence-corrected chi connectivity index (χ3v) is 5.60. The van der Waals surface area contributed by atoms with Crippen LogP contribution >= 0.6 is 0 Å². The fraction of sp³-hybridized carbons (Fsp3) is 0.737. The number of carbonyl (C=O) groups excluding carboxylic acids is 1. The molecule has 1 aromatic heterocycles. The first-order valence-electron chi connectivity index (χ1n) is 9.88. The first-order chi connectivity index (χ1) is 12.6. The molecule has 3 rings (SSSR count). The van der Waals surface area contributed by atoms with E-state index in [0.717, 1.165) is 57.8 Å². The fourth-order valence-corrected chi connectivity index (χ4v) is 3.88. The van der Waals surface area contributed by atoms with E-state index in [4.69, 9.17) is 0 Å². The molecule has 0 N–H and O–H groups in total. The van der Waals surface area contributed by atoms with Crippen molar-refractivity contribution in [2.75, 3.05) is 50.7 Å². The largest absolute Gasteiger partial charge is 0.369 e. The number of nitrogens with zero attached hydrogens (tertiary/aromatic N) is 5. The van der Waals surface area contributed by atoms with Crippen LogP contribution in [0.5, 0.6) is 0 Å². The summed E-state index contributed by atoms with van der Waals surface area (Å²) in [5, 5.41) is 4.11. The zero-order valence-corrected chi connectivity index (χ0v) is 16.1. The highest BCUT2D eigenvalue weighted by Gasteiger charge is 2.31. The van der Waals surface area contributed by atoms with E-state index >= 15 is 0 Å². The Morgan fingerprint density at radius 1 is 1.23 bits per heavy atom. The summed E-state index contributed by atoms with van der Waals surface area (Å²) in [6.45, 7) is 8.58. The number of rotatable bonds is 5. The maximum atomic E-state index is 13.0. The third kappa shape index (κ3) is 4.44. The van der Waals surface area contributed by atoms with Gasteiger partial charge in [-0.25, -0.2) is 4.68 Å². The molecule has 0 saturated carbocycles. The van der Waals surface area contributed by atoms with E-state index in [9.17, 15) is 9.59 Å². The lowest BCUT2D eigenvalue weighted by Gasteiger charge is -2.39. The molecule has 0 unspecified atom stereocenters. The first kappa shape index (κ1) is 18.9. The first-order valence-corrected chi connectivity index (χ1v) is 9.88. The predicted molar refractivity (Wildman–Crippen MR) is 102 cm³/mol. The molecule has 0 aliphatic carbocycles. The molecule has 1 amide bonds. The van der Waals surface area contributed by atoms with Crippen molar-refractivity contribution >= 4 is 11.6 Å². The average Bonchev–Trinajstić information content (AvgIpc) is 2.68. The molecule has 0 radical (unpaired) electrons. The van der Waals surface area contributed by atoms with Crippen molar-refractivity contribution in [1.82, 2.24) is 19.6 Å². The highest BCUT2D eigenvalue weighted by molar-refractivity contribution is 5.80. The predicted octanol–water partition coefficient (Wildman–Crippen LogP) is 0.941. The number of unbranched alkanes of at least 4 members (excludes halogenated alkanes) is 1. The van der Waals surface area contributed by atoms with E-state index in [1.54, 1.807) is 19.3 Å². The lowest BCUT2D eigenvalue weighted by atomic mass is 9.96. The van der Waals surface area contributed by atoms with E-state index in [1.807, 2.05) is 4.90 Å². The Bertz CT molecular complexity index is 666. The summed E-state index contributed by atoms with van der Waals surface area (Å²) in [6.07, 6.45) is 6.08. The van der Waals surface area contributed by atoms with Gasteiger partial charge in [-0.15, -0.1) is 0 Å². The summed E-state index contributed by atoms with van der Waals surface area (Å²) in [5.41, 5.74) is 0.717. The van der Waals surface area contributed by atoms with Crippen LogP contribution in [0.1, 0.15) is 32.6 Å². The van der Waals surface area contributed by atoms with Gasteiger partial charge in [0.15, 0.2) is 0 Å². The minimum Gasteiger partial charge on any atom is -0.369 e. The molecule has 26 heavy (non-hydrogen) atoms. The van der Waals surface area contributed by atoms with Crippen molar-refractivity contribution in [2.45, 2.75) is 32.6 Å². The van der Waals surface area contributed by atoms with E-state index < -0.39 is 0 Å². The van der Waals surface area contributed by atoms with Crippen LogP contribution in [0.4, 0.5) is 5.69 Å². The Balaban J connectivity index is 1.56. The molecule has 1 atom stereocenters. The van der Waals surface area contributed by atoms with Gasteiger partial charge in [0.1, 0.15) is 0 Å². The number of anilines is 1. The molecule has 144 valence electrons. The van der Waals surface area contributed by atoms with Gasteiger partial charge in [0.25, 0.3) is 5.56 Å². The van der Waals surface area contributed by atoms with Crippen LogP contribution in [0.15, 0.2) is 17.1 Å². The van der Waals surface area contributed by atoms with Crippen molar-refractivity contribution in [2.24, 2.45) is 13.0 Å². The fourth-order valence-electron chi connectivity index (χ4n) is 3.88. The quantitative estimate of drug-likeness (QED) is 0.781. The Kier molecular flexibility index (Phi) is 6.29.